The average Bonchev–Trinajstić information content (AvgIpc) is 2.87. The molecule has 35 heavy (non-hydrogen) atoms. The summed E-state index contributed by atoms with van der Waals surface area (Å²) < 4.78 is 0. The van der Waals surface area contributed by atoms with Gasteiger partial charge in [-0.25, -0.2) is 0 Å². The third-order valence-corrected chi connectivity index (χ3v) is 8.29. The molecule has 0 spiro atoms. The highest BCUT2D eigenvalue weighted by atomic mass is 14.1. The lowest BCUT2D eigenvalue weighted by Crippen LogP contribution is -2.00. The van der Waals surface area contributed by atoms with E-state index in [1.807, 2.05) is 0 Å². The van der Waals surface area contributed by atoms with Crippen molar-refractivity contribution < 1.29 is 0 Å². The topological polar surface area (TPSA) is 0 Å². The second-order valence-electron chi connectivity index (χ2n) is 11.9. The molecular weight excluding hydrogens is 420 g/mol. The zero-order chi connectivity index (χ0) is 25.5. The Bertz CT molecular complexity index is 346. The summed E-state index contributed by atoms with van der Waals surface area (Å²) in [5, 5.41) is 0. The monoisotopic (exact) mass is 492 g/mol. The molecule has 0 amide bonds. The highest BCUT2D eigenvalue weighted by Crippen LogP contribution is 2.23. The van der Waals surface area contributed by atoms with E-state index in [0.717, 1.165) is 12.3 Å². The molecule has 0 bridgehead atoms. The van der Waals surface area contributed by atoms with E-state index >= 15 is 0 Å². The van der Waals surface area contributed by atoms with Gasteiger partial charge in [0.1, 0.15) is 0 Å². The molecule has 1 atom stereocenters. The van der Waals surface area contributed by atoms with Crippen molar-refractivity contribution in [1.82, 2.24) is 0 Å². The number of hydrogen-bond donors (Lipinski definition) is 0. The Morgan fingerprint density at radius 1 is 0.314 bits per heavy atom. The van der Waals surface area contributed by atoms with Gasteiger partial charge in [0.05, 0.1) is 0 Å². The van der Waals surface area contributed by atoms with E-state index in [1.165, 1.54) is 193 Å². The van der Waals surface area contributed by atoms with Gasteiger partial charge in [0.15, 0.2) is 0 Å². The standard InChI is InChI=1S/C35H71/c1-4-7-9-11-13-15-17-19-21-23-25-27-29-31-34-35(32-6-3)33-30-28-26-24-22-20-18-16-14-12-10-8-5-2/h35H,3-34H2,1-2H3. The van der Waals surface area contributed by atoms with Crippen LogP contribution in [0.25, 0.3) is 0 Å². The van der Waals surface area contributed by atoms with Gasteiger partial charge in [-0.05, 0) is 5.92 Å². The van der Waals surface area contributed by atoms with E-state index < -0.39 is 0 Å². The molecule has 0 fully saturated rings. The van der Waals surface area contributed by atoms with E-state index in [-0.39, 0.29) is 0 Å². The van der Waals surface area contributed by atoms with Crippen molar-refractivity contribution in [2.45, 2.75) is 213 Å². The first-order valence-electron chi connectivity index (χ1n) is 17.1. The lowest BCUT2D eigenvalue weighted by molar-refractivity contribution is 0.381. The number of rotatable bonds is 31. The van der Waals surface area contributed by atoms with Gasteiger partial charge in [0.2, 0.25) is 0 Å². The Morgan fingerprint density at radius 3 is 0.771 bits per heavy atom. The molecule has 0 aromatic heterocycles. The van der Waals surface area contributed by atoms with E-state index in [2.05, 4.69) is 20.8 Å². The van der Waals surface area contributed by atoms with Crippen molar-refractivity contribution in [3.8, 4) is 0 Å². The fourth-order valence-electron chi connectivity index (χ4n) is 5.80. The maximum absolute atomic E-state index is 4.16. The van der Waals surface area contributed by atoms with Crippen LogP contribution in [0.15, 0.2) is 0 Å². The molecule has 0 aromatic carbocycles. The summed E-state index contributed by atoms with van der Waals surface area (Å²) in [6.45, 7) is 8.77. The molecule has 0 heterocycles. The van der Waals surface area contributed by atoms with Crippen LogP contribution in [-0.2, 0) is 0 Å². The van der Waals surface area contributed by atoms with E-state index in [9.17, 15) is 0 Å². The first kappa shape index (κ1) is 35.0. The summed E-state index contributed by atoms with van der Waals surface area (Å²) in [6.07, 6.45) is 45.1. The molecule has 0 nitrogen and oxygen atoms in total. The lowest BCUT2D eigenvalue weighted by atomic mass is 9.90. The largest absolute Gasteiger partial charge is 0.0654 e. The minimum Gasteiger partial charge on any atom is -0.0654 e. The van der Waals surface area contributed by atoms with Gasteiger partial charge in [-0.1, -0.05) is 220 Å². The first-order valence-corrected chi connectivity index (χ1v) is 17.1. The van der Waals surface area contributed by atoms with Gasteiger partial charge in [-0.3, -0.25) is 0 Å². The van der Waals surface area contributed by atoms with Gasteiger partial charge in [-0.2, -0.15) is 0 Å². The molecular formula is C35H71. The first-order chi connectivity index (χ1) is 17.3. The maximum atomic E-state index is 4.16. The Balaban J connectivity index is 3.37. The van der Waals surface area contributed by atoms with Crippen LogP contribution in [-0.4, -0.2) is 0 Å². The van der Waals surface area contributed by atoms with Crippen LogP contribution in [0.3, 0.4) is 0 Å². The Labute approximate surface area is 225 Å². The Hall–Kier alpha value is 0. The van der Waals surface area contributed by atoms with E-state index in [4.69, 9.17) is 0 Å². The minimum atomic E-state index is 0.970. The molecule has 0 rings (SSSR count). The lowest BCUT2D eigenvalue weighted by Gasteiger charge is -2.16. The summed E-state index contributed by atoms with van der Waals surface area (Å²) >= 11 is 0. The van der Waals surface area contributed by atoms with Crippen molar-refractivity contribution in [1.29, 1.82) is 0 Å². The van der Waals surface area contributed by atoms with Crippen LogP contribution >= 0.6 is 0 Å². The van der Waals surface area contributed by atoms with Crippen LogP contribution in [0, 0.1) is 12.8 Å². The molecule has 0 N–H and O–H groups in total. The smallest absolute Gasteiger partial charge is 0.0414 e. The maximum Gasteiger partial charge on any atom is -0.0414 e. The molecule has 0 aliphatic carbocycles. The molecule has 0 saturated carbocycles. The average molecular weight is 492 g/mol. The molecule has 0 aromatic rings. The zero-order valence-corrected chi connectivity index (χ0v) is 25.2. The summed E-state index contributed by atoms with van der Waals surface area (Å²) in [7, 11) is 0. The summed E-state index contributed by atoms with van der Waals surface area (Å²) in [6, 6.07) is 0. The fraction of sp³-hybridized carbons (Fsp3) is 0.971. The molecule has 211 valence electrons. The van der Waals surface area contributed by atoms with Gasteiger partial charge in [0, 0.05) is 0 Å². The van der Waals surface area contributed by atoms with Gasteiger partial charge >= 0.3 is 0 Å². The summed E-state index contributed by atoms with van der Waals surface area (Å²) in [5.74, 6) is 0.970. The van der Waals surface area contributed by atoms with Crippen molar-refractivity contribution in [2.75, 3.05) is 0 Å². The predicted octanol–water partition coefficient (Wildman–Crippen LogP) is 13.6. The predicted molar refractivity (Wildman–Crippen MR) is 163 cm³/mol. The van der Waals surface area contributed by atoms with Gasteiger partial charge < -0.3 is 0 Å². The molecule has 0 heteroatoms. The SMILES string of the molecule is [CH2]CCC(CCCCCCCCCCCCCCC)CCCCCCCCCCCCCCCC. The van der Waals surface area contributed by atoms with Crippen LogP contribution in [0.4, 0.5) is 0 Å². The van der Waals surface area contributed by atoms with E-state index in [0.29, 0.717) is 0 Å². The van der Waals surface area contributed by atoms with Crippen molar-refractivity contribution in [3.63, 3.8) is 0 Å². The van der Waals surface area contributed by atoms with Gasteiger partial charge in [0.25, 0.3) is 0 Å². The number of hydrogen-bond acceptors (Lipinski definition) is 0. The third kappa shape index (κ3) is 30.1. The van der Waals surface area contributed by atoms with E-state index in [1.54, 1.807) is 0 Å². The second-order valence-corrected chi connectivity index (χ2v) is 11.9. The Kier molecular flexibility index (Phi) is 32.0. The molecule has 0 aliphatic rings. The highest BCUT2D eigenvalue weighted by Gasteiger charge is 2.07. The van der Waals surface area contributed by atoms with Crippen molar-refractivity contribution in [2.24, 2.45) is 5.92 Å². The minimum absolute atomic E-state index is 0.970. The highest BCUT2D eigenvalue weighted by molar-refractivity contribution is 4.62. The molecule has 0 saturated heterocycles. The normalized spacial score (nSPS) is 12.4. The molecule has 0 aliphatic heterocycles. The molecule has 1 radical (unpaired) electrons. The second kappa shape index (κ2) is 32.0. The summed E-state index contributed by atoms with van der Waals surface area (Å²) in [5.41, 5.74) is 0. The summed E-state index contributed by atoms with van der Waals surface area (Å²) in [4.78, 5) is 0. The van der Waals surface area contributed by atoms with Crippen LogP contribution < -0.4 is 0 Å². The van der Waals surface area contributed by atoms with Crippen molar-refractivity contribution in [3.05, 3.63) is 6.92 Å². The van der Waals surface area contributed by atoms with Crippen LogP contribution in [0.1, 0.15) is 213 Å². The molecule has 1 unspecified atom stereocenters. The third-order valence-electron chi connectivity index (χ3n) is 8.29. The number of unbranched alkanes of at least 4 members (excludes halogenated alkanes) is 25. The van der Waals surface area contributed by atoms with Crippen LogP contribution in [0.5, 0.6) is 0 Å². The fourth-order valence-corrected chi connectivity index (χ4v) is 5.80. The quantitative estimate of drug-likeness (QED) is 0.0845. The van der Waals surface area contributed by atoms with Crippen molar-refractivity contribution >= 4 is 0 Å². The zero-order valence-electron chi connectivity index (χ0n) is 25.2. The van der Waals surface area contributed by atoms with Gasteiger partial charge in [-0.15, -0.1) is 0 Å². The Morgan fingerprint density at radius 2 is 0.543 bits per heavy atom. The van der Waals surface area contributed by atoms with Crippen LogP contribution in [0.2, 0.25) is 0 Å².